The third-order valence-electron chi connectivity index (χ3n) is 2.03. The minimum atomic E-state index is -0.836. The number of thioether (sulfide) groups is 1. The second-order valence-electron chi connectivity index (χ2n) is 3.28. The van der Waals surface area contributed by atoms with Crippen LogP contribution in [0.4, 0.5) is 0 Å². The van der Waals surface area contributed by atoms with Gasteiger partial charge in [-0.25, -0.2) is 0 Å². The molecular formula is C9H13N3O3S. The Balaban J connectivity index is 2.98. The topological polar surface area (TPSA) is 84.8 Å². The molecule has 0 saturated carbocycles. The Morgan fingerprint density at radius 1 is 1.56 bits per heavy atom. The molecule has 0 fully saturated rings. The zero-order valence-electron chi connectivity index (χ0n) is 9.31. The predicted molar refractivity (Wildman–Crippen MR) is 60.7 cm³/mol. The summed E-state index contributed by atoms with van der Waals surface area (Å²) in [4.78, 5) is 37.0. The lowest BCUT2D eigenvalue weighted by atomic mass is 10.2. The molecule has 7 heteroatoms. The van der Waals surface area contributed by atoms with Gasteiger partial charge in [-0.3, -0.25) is 24.2 Å². The van der Waals surface area contributed by atoms with Crippen LogP contribution in [0.5, 0.6) is 0 Å². The number of hydrogen-bond donors (Lipinski definition) is 1. The van der Waals surface area contributed by atoms with Crippen LogP contribution in [0, 0.1) is 0 Å². The van der Waals surface area contributed by atoms with Gasteiger partial charge in [0.15, 0.2) is 5.16 Å². The number of aryl methyl sites for hydroxylation is 1. The molecule has 6 nitrogen and oxygen atoms in total. The van der Waals surface area contributed by atoms with E-state index in [1.807, 2.05) is 0 Å². The molecule has 0 aliphatic carbocycles. The fourth-order valence-corrected chi connectivity index (χ4v) is 2.03. The number of Topliss-reactive ketones (excluding diaryl/α,β-unsaturated/α-hetero) is 1. The van der Waals surface area contributed by atoms with Crippen LogP contribution in [0.25, 0.3) is 0 Å². The molecular weight excluding hydrogens is 230 g/mol. The first kappa shape index (κ1) is 12.7. The van der Waals surface area contributed by atoms with Crippen LogP contribution in [-0.4, -0.2) is 25.8 Å². The molecule has 1 aromatic rings. The van der Waals surface area contributed by atoms with Crippen molar-refractivity contribution in [2.75, 3.05) is 0 Å². The van der Waals surface area contributed by atoms with Crippen LogP contribution < -0.4 is 11.1 Å². The molecule has 0 aliphatic heterocycles. The molecule has 0 spiro atoms. The average molecular weight is 243 g/mol. The first-order valence-electron chi connectivity index (χ1n) is 4.82. The van der Waals surface area contributed by atoms with E-state index in [0.717, 1.165) is 11.8 Å². The molecule has 0 radical (unpaired) electrons. The van der Waals surface area contributed by atoms with Crippen molar-refractivity contribution in [3.05, 3.63) is 20.7 Å². The van der Waals surface area contributed by atoms with Gasteiger partial charge < -0.3 is 0 Å². The lowest BCUT2D eigenvalue weighted by molar-refractivity contribution is -0.118. The maximum Gasteiger partial charge on any atom is 0.339 e. The number of ketones is 1. The van der Waals surface area contributed by atoms with E-state index in [0.29, 0.717) is 11.6 Å². The normalized spacial score (nSPS) is 12.4. The summed E-state index contributed by atoms with van der Waals surface area (Å²) >= 11 is 1.16. The Morgan fingerprint density at radius 3 is 2.75 bits per heavy atom. The number of rotatable bonds is 4. The van der Waals surface area contributed by atoms with E-state index in [9.17, 15) is 14.4 Å². The molecule has 0 aromatic carbocycles. The number of carbonyl (C=O) groups is 1. The molecule has 1 atom stereocenters. The van der Waals surface area contributed by atoms with Crippen molar-refractivity contribution in [3.8, 4) is 0 Å². The maximum absolute atomic E-state index is 11.4. The SMILES string of the molecule is CCC(=O)C(C)Sc1nc(=O)c(=O)[nH]n1C. The molecule has 0 saturated heterocycles. The van der Waals surface area contributed by atoms with Gasteiger partial charge in [-0.05, 0) is 6.92 Å². The van der Waals surface area contributed by atoms with E-state index in [1.165, 1.54) is 4.68 Å². The number of nitrogens with one attached hydrogen (secondary N) is 1. The Labute approximate surface area is 96.1 Å². The summed E-state index contributed by atoms with van der Waals surface area (Å²) in [6, 6.07) is 0. The highest BCUT2D eigenvalue weighted by atomic mass is 32.2. The van der Waals surface area contributed by atoms with E-state index in [2.05, 4.69) is 10.1 Å². The molecule has 1 unspecified atom stereocenters. The summed E-state index contributed by atoms with van der Waals surface area (Å²) in [5, 5.41) is 2.37. The molecule has 1 heterocycles. The van der Waals surface area contributed by atoms with E-state index < -0.39 is 11.1 Å². The maximum atomic E-state index is 11.4. The summed E-state index contributed by atoms with van der Waals surface area (Å²) in [6.45, 7) is 3.52. The number of carbonyl (C=O) groups excluding carboxylic acids is 1. The van der Waals surface area contributed by atoms with Gasteiger partial charge >= 0.3 is 11.1 Å². The van der Waals surface area contributed by atoms with Crippen molar-refractivity contribution in [2.24, 2.45) is 7.05 Å². The van der Waals surface area contributed by atoms with E-state index in [-0.39, 0.29) is 11.0 Å². The highest BCUT2D eigenvalue weighted by molar-refractivity contribution is 8.00. The van der Waals surface area contributed by atoms with Crippen molar-refractivity contribution >= 4 is 17.5 Å². The zero-order chi connectivity index (χ0) is 12.3. The summed E-state index contributed by atoms with van der Waals surface area (Å²) in [5.74, 6) is 0.0745. The molecule has 88 valence electrons. The lowest BCUT2D eigenvalue weighted by Crippen LogP contribution is -2.34. The number of aromatic amines is 1. The van der Waals surface area contributed by atoms with Crippen LogP contribution in [0.15, 0.2) is 14.7 Å². The van der Waals surface area contributed by atoms with Crippen LogP contribution >= 0.6 is 11.8 Å². The van der Waals surface area contributed by atoms with E-state index in [4.69, 9.17) is 0 Å². The largest absolute Gasteiger partial charge is 0.339 e. The van der Waals surface area contributed by atoms with Gasteiger partial charge in [0, 0.05) is 13.5 Å². The molecule has 0 aliphatic rings. The van der Waals surface area contributed by atoms with Crippen molar-refractivity contribution in [1.82, 2.24) is 14.8 Å². The van der Waals surface area contributed by atoms with Crippen LogP contribution in [-0.2, 0) is 11.8 Å². The second-order valence-corrected chi connectivity index (χ2v) is 4.59. The molecule has 1 aromatic heterocycles. The summed E-state index contributed by atoms with van der Waals surface area (Å²) in [5.41, 5.74) is -1.60. The zero-order valence-corrected chi connectivity index (χ0v) is 10.1. The lowest BCUT2D eigenvalue weighted by Gasteiger charge is -2.10. The fourth-order valence-electron chi connectivity index (χ4n) is 1.08. The van der Waals surface area contributed by atoms with E-state index in [1.54, 1.807) is 20.9 Å². The van der Waals surface area contributed by atoms with Crippen molar-refractivity contribution in [1.29, 1.82) is 0 Å². The van der Waals surface area contributed by atoms with Crippen molar-refractivity contribution in [2.45, 2.75) is 30.7 Å². The quantitative estimate of drug-likeness (QED) is 0.591. The fraction of sp³-hybridized carbons (Fsp3) is 0.556. The Bertz CT molecular complexity index is 505. The van der Waals surface area contributed by atoms with Gasteiger partial charge in [0.25, 0.3) is 0 Å². The number of H-pyrrole nitrogens is 1. The van der Waals surface area contributed by atoms with Crippen molar-refractivity contribution in [3.63, 3.8) is 0 Å². The minimum absolute atomic E-state index is 0.0745. The van der Waals surface area contributed by atoms with Crippen molar-refractivity contribution < 1.29 is 4.79 Å². The van der Waals surface area contributed by atoms with Gasteiger partial charge in [-0.2, -0.15) is 4.98 Å². The van der Waals surface area contributed by atoms with Gasteiger partial charge in [-0.15, -0.1) is 0 Å². The Hall–Kier alpha value is -1.37. The van der Waals surface area contributed by atoms with Crippen LogP contribution in [0.3, 0.4) is 0 Å². The second kappa shape index (κ2) is 5.11. The standard InChI is InChI=1S/C9H13N3O3S/c1-4-6(13)5(2)16-9-10-7(14)8(15)11-12(9)3/h5H,4H2,1-3H3,(H,11,15). The average Bonchev–Trinajstić information content (AvgIpc) is 2.24. The van der Waals surface area contributed by atoms with Crippen LogP contribution in [0.1, 0.15) is 20.3 Å². The molecule has 0 amide bonds. The molecule has 1 rings (SSSR count). The number of nitrogens with zero attached hydrogens (tertiary/aromatic N) is 2. The third-order valence-corrected chi connectivity index (χ3v) is 3.22. The molecule has 16 heavy (non-hydrogen) atoms. The highest BCUT2D eigenvalue weighted by Gasteiger charge is 2.15. The Kier molecular flexibility index (Phi) is 4.05. The summed E-state index contributed by atoms with van der Waals surface area (Å²) in [7, 11) is 1.57. The van der Waals surface area contributed by atoms with E-state index >= 15 is 0 Å². The third kappa shape index (κ3) is 2.82. The van der Waals surface area contributed by atoms with Gasteiger partial charge in [0.1, 0.15) is 5.78 Å². The Morgan fingerprint density at radius 2 is 2.19 bits per heavy atom. The predicted octanol–water partition coefficient (Wildman–Crippen LogP) is -0.0717. The molecule has 0 bridgehead atoms. The monoisotopic (exact) mass is 243 g/mol. The first-order chi connectivity index (χ1) is 7.45. The van der Waals surface area contributed by atoms with Crippen LogP contribution in [0.2, 0.25) is 0 Å². The van der Waals surface area contributed by atoms with Gasteiger partial charge in [0.2, 0.25) is 0 Å². The summed E-state index contributed by atoms with van der Waals surface area (Å²) < 4.78 is 1.34. The molecule has 1 N–H and O–H groups in total. The smallest absolute Gasteiger partial charge is 0.298 e. The first-order valence-corrected chi connectivity index (χ1v) is 5.70. The van der Waals surface area contributed by atoms with Gasteiger partial charge in [-0.1, -0.05) is 18.7 Å². The summed E-state index contributed by atoms with van der Waals surface area (Å²) in [6.07, 6.45) is 0.436. The van der Waals surface area contributed by atoms with Gasteiger partial charge in [0.05, 0.1) is 5.25 Å². The number of aromatic nitrogens is 3. The minimum Gasteiger partial charge on any atom is -0.298 e. The number of hydrogen-bond acceptors (Lipinski definition) is 5. The highest BCUT2D eigenvalue weighted by Crippen LogP contribution is 2.19.